The molecule has 2 rings (SSSR count). The summed E-state index contributed by atoms with van der Waals surface area (Å²) < 4.78 is 0. The SMILES string of the molecule is CC1CC(C)CN(C(C)(C)CNC(=O)C2CCNC2)C1.Cl.Cl. The molecule has 0 aromatic carbocycles. The number of amides is 1. The van der Waals surface area contributed by atoms with E-state index < -0.39 is 0 Å². The number of hydrogen-bond donors (Lipinski definition) is 2. The molecule has 0 aromatic rings. The molecule has 2 N–H and O–H groups in total. The molecule has 4 nitrogen and oxygen atoms in total. The Morgan fingerprint density at radius 3 is 2.32 bits per heavy atom. The molecule has 2 aliphatic rings. The fourth-order valence-corrected chi connectivity index (χ4v) is 3.60. The van der Waals surface area contributed by atoms with E-state index in [0.717, 1.165) is 51.0 Å². The van der Waals surface area contributed by atoms with Crippen LogP contribution in [0.4, 0.5) is 0 Å². The van der Waals surface area contributed by atoms with Gasteiger partial charge >= 0.3 is 0 Å². The Balaban J connectivity index is 0.00000220. The van der Waals surface area contributed by atoms with Crippen LogP contribution in [0, 0.1) is 17.8 Å². The van der Waals surface area contributed by atoms with E-state index in [1.54, 1.807) is 0 Å². The lowest BCUT2D eigenvalue weighted by molar-refractivity contribution is -0.125. The minimum absolute atomic E-state index is 0. The zero-order chi connectivity index (χ0) is 14.8. The largest absolute Gasteiger partial charge is 0.354 e. The molecule has 3 unspecified atom stereocenters. The van der Waals surface area contributed by atoms with E-state index in [-0.39, 0.29) is 42.2 Å². The highest BCUT2D eigenvalue weighted by Crippen LogP contribution is 2.26. The number of rotatable bonds is 4. The molecule has 0 aliphatic carbocycles. The fourth-order valence-electron chi connectivity index (χ4n) is 3.60. The van der Waals surface area contributed by atoms with Gasteiger partial charge in [0.2, 0.25) is 5.91 Å². The van der Waals surface area contributed by atoms with Crippen LogP contribution >= 0.6 is 24.8 Å². The predicted octanol–water partition coefficient (Wildman–Crippen LogP) is 2.31. The third kappa shape index (κ3) is 5.88. The van der Waals surface area contributed by atoms with Crippen molar-refractivity contribution in [1.82, 2.24) is 15.5 Å². The summed E-state index contributed by atoms with van der Waals surface area (Å²) in [5, 5.41) is 6.43. The van der Waals surface area contributed by atoms with Gasteiger partial charge in [-0.05, 0) is 45.1 Å². The number of nitrogens with zero attached hydrogens (tertiary/aromatic N) is 1. The quantitative estimate of drug-likeness (QED) is 0.814. The topological polar surface area (TPSA) is 44.4 Å². The Labute approximate surface area is 148 Å². The molecule has 0 spiro atoms. The van der Waals surface area contributed by atoms with Crippen LogP contribution in [0.2, 0.25) is 0 Å². The van der Waals surface area contributed by atoms with Gasteiger partial charge in [-0.3, -0.25) is 9.69 Å². The Kier molecular flexibility index (Phi) is 9.30. The first-order valence-corrected chi connectivity index (χ1v) is 8.12. The molecule has 2 heterocycles. The molecule has 2 aliphatic heterocycles. The van der Waals surface area contributed by atoms with Crippen molar-refractivity contribution in [2.45, 2.75) is 46.1 Å². The fraction of sp³-hybridized carbons (Fsp3) is 0.938. The molecule has 3 atom stereocenters. The molecule has 0 radical (unpaired) electrons. The van der Waals surface area contributed by atoms with Crippen LogP contribution in [0.3, 0.4) is 0 Å². The first kappa shape index (κ1) is 22.0. The summed E-state index contributed by atoms with van der Waals surface area (Å²) in [6, 6.07) is 0. The summed E-state index contributed by atoms with van der Waals surface area (Å²) >= 11 is 0. The van der Waals surface area contributed by atoms with Crippen molar-refractivity contribution in [3.63, 3.8) is 0 Å². The molecule has 2 fully saturated rings. The highest BCUT2D eigenvalue weighted by Gasteiger charge is 2.33. The monoisotopic (exact) mass is 353 g/mol. The molecule has 1 amide bonds. The molecule has 132 valence electrons. The van der Waals surface area contributed by atoms with Crippen LogP contribution in [0.5, 0.6) is 0 Å². The maximum atomic E-state index is 12.1. The van der Waals surface area contributed by atoms with Gasteiger partial charge in [0.15, 0.2) is 0 Å². The van der Waals surface area contributed by atoms with Crippen molar-refractivity contribution < 1.29 is 4.79 Å². The third-order valence-electron chi connectivity index (χ3n) is 4.85. The van der Waals surface area contributed by atoms with Crippen LogP contribution in [-0.4, -0.2) is 49.1 Å². The third-order valence-corrected chi connectivity index (χ3v) is 4.85. The molecular weight excluding hydrogens is 321 g/mol. The lowest BCUT2D eigenvalue weighted by Gasteiger charge is -2.45. The second-order valence-electron chi connectivity index (χ2n) is 7.57. The van der Waals surface area contributed by atoms with Crippen LogP contribution in [0.25, 0.3) is 0 Å². The van der Waals surface area contributed by atoms with Crippen molar-refractivity contribution in [3.8, 4) is 0 Å². The van der Waals surface area contributed by atoms with E-state index in [1.165, 1.54) is 6.42 Å². The number of carbonyl (C=O) groups is 1. The summed E-state index contributed by atoms with van der Waals surface area (Å²) in [7, 11) is 0. The van der Waals surface area contributed by atoms with E-state index in [0.29, 0.717) is 0 Å². The van der Waals surface area contributed by atoms with Crippen molar-refractivity contribution in [1.29, 1.82) is 0 Å². The molecule has 0 bridgehead atoms. The molecular formula is C16H33Cl2N3O. The highest BCUT2D eigenvalue weighted by atomic mass is 35.5. The van der Waals surface area contributed by atoms with Gasteiger partial charge < -0.3 is 10.6 Å². The Morgan fingerprint density at radius 1 is 1.23 bits per heavy atom. The van der Waals surface area contributed by atoms with E-state index in [2.05, 4.69) is 43.2 Å². The molecule has 0 saturated carbocycles. The number of piperidine rings is 1. The van der Waals surface area contributed by atoms with Crippen molar-refractivity contribution >= 4 is 30.7 Å². The Morgan fingerprint density at radius 2 is 1.82 bits per heavy atom. The van der Waals surface area contributed by atoms with Gasteiger partial charge in [0, 0.05) is 31.7 Å². The second-order valence-corrected chi connectivity index (χ2v) is 7.57. The van der Waals surface area contributed by atoms with Gasteiger partial charge in [0.1, 0.15) is 0 Å². The van der Waals surface area contributed by atoms with Gasteiger partial charge in [-0.1, -0.05) is 13.8 Å². The maximum Gasteiger partial charge on any atom is 0.224 e. The predicted molar refractivity (Wildman–Crippen MR) is 97.1 cm³/mol. The van der Waals surface area contributed by atoms with Crippen molar-refractivity contribution in [3.05, 3.63) is 0 Å². The lowest BCUT2D eigenvalue weighted by atomic mass is 9.88. The first-order chi connectivity index (χ1) is 9.38. The molecule has 22 heavy (non-hydrogen) atoms. The summed E-state index contributed by atoms with van der Waals surface area (Å²) in [4.78, 5) is 14.7. The van der Waals surface area contributed by atoms with Crippen LogP contribution in [0.15, 0.2) is 0 Å². The number of carbonyl (C=O) groups excluding carboxylic acids is 1. The minimum Gasteiger partial charge on any atom is -0.354 e. The number of nitrogens with one attached hydrogen (secondary N) is 2. The van der Waals surface area contributed by atoms with E-state index in [1.807, 2.05) is 0 Å². The van der Waals surface area contributed by atoms with Gasteiger partial charge in [0.25, 0.3) is 0 Å². The van der Waals surface area contributed by atoms with Crippen LogP contribution < -0.4 is 10.6 Å². The minimum atomic E-state index is 0. The number of hydrogen-bond acceptors (Lipinski definition) is 3. The number of likely N-dealkylation sites (tertiary alicyclic amines) is 1. The maximum absolute atomic E-state index is 12.1. The van der Waals surface area contributed by atoms with Crippen LogP contribution in [0.1, 0.15) is 40.5 Å². The van der Waals surface area contributed by atoms with E-state index >= 15 is 0 Å². The standard InChI is InChI=1S/C16H31N3O.2ClH/c1-12-7-13(2)10-19(9-12)16(3,4)11-18-15(20)14-5-6-17-8-14;;/h12-14,17H,5-11H2,1-4H3,(H,18,20);2*1H. The van der Waals surface area contributed by atoms with Gasteiger partial charge in [-0.2, -0.15) is 0 Å². The van der Waals surface area contributed by atoms with Crippen molar-refractivity contribution in [2.75, 3.05) is 32.7 Å². The van der Waals surface area contributed by atoms with E-state index in [9.17, 15) is 4.79 Å². The summed E-state index contributed by atoms with van der Waals surface area (Å²) in [5.74, 6) is 1.91. The van der Waals surface area contributed by atoms with Crippen molar-refractivity contribution in [2.24, 2.45) is 17.8 Å². The summed E-state index contributed by atoms with van der Waals surface area (Å²) in [5.41, 5.74) is 0.0463. The smallest absolute Gasteiger partial charge is 0.224 e. The molecule has 2 saturated heterocycles. The van der Waals surface area contributed by atoms with Gasteiger partial charge in [-0.15, -0.1) is 24.8 Å². The van der Waals surface area contributed by atoms with Gasteiger partial charge in [0.05, 0.1) is 5.92 Å². The Hall–Kier alpha value is -0.0300. The summed E-state index contributed by atoms with van der Waals surface area (Å²) in [6.45, 7) is 14.0. The van der Waals surface area contributed by atoms with Gasteiger partial charge in [-0.25, -0.2) is 0 Å². The van der Waals surface area contributed by atoms with E-state index in [4.69, 9.17) is 0 Å². The summed E-state index contributed by atoms with van der Waals surface area (Å²) in [6.07, 6.45) is 2.30. The first-order valence-electron chi connectivity index (χ1n) is 8.12. The second kappa shape index (κ2) is 9.31. The van der Waals surface area contributed by atoms with Crippen LogP contribution in [-0.2, 0) is 4.79 Å². The Bertz CT molecular complexity index is 336. The molecule has 0 aromatic heterocycles. The average Bonchev–Trinajstić information content (AvgIpc) is 2.88. The lowest BCUT2D eigenvalue weighted by Crippen LogP contribution is -2.56. The zero-order valence-electron chi connectivity index (χ0n) is 14.4. The number of halogens is 2. The average molecular weight is 354 g/mol. The normalized spacial score (nSPS) is 29.4. The molecule has 6 heteroatoms. The zero-order valence-corrected chi connectivity index (χ0v) is 16.0. The highest BCUT2D eigenvalue weighted by molar-refractivity contribution is 5.85.